The van der Waals surface area contributed by atoms with Crippen LogP contribution in [-0.4, -0.2) is 15.6 Å². The Morgan fingerprint density at radius 3 is 2.62 bits per heavy atom. The number of nitrogens with two attached hydrogens (primary N) is 1. The number of amides is 1. The molecule has 0 aliphatic rings. The number of hydrogen-bond donors (Lipinski definition) is 1. The fourth-order valence-corrected chi connectivity index (χ4v) is 2.45. The Bertz CT molecular complexity index is 1100. The highest BCUT2D eigenvalue weighted by Gasteiger charge is 2.20. The Labute approximate surface area is 149 Å². The maximum Gasteiger partial charge on any atom is 0.410 e. The molecule has 0 bridgehead atoms. The molecule has 3 aromatic rings. The minimum atomic E-state index is -1.17. The van der Waals surface area contributed by atoms with E-state index in [1.807, 2.05) is 0 Å². The standard InChI is InChI=1S/C16H10ClF2N3O4/c1-22-6-21-8-3-5-10(13(19)11(8)15(22)23)25-14-7(18)2-4-9(12(14)17)26-16(20)24/h2-6H,1H3,(H2,20,24). The molecule has 0 fully saturated rings. The number of benzene rings is 2. The summed E-state index contributed by atoms with van der Waals surface area (Å²) in [7, 11) is 1.41. The average molecular weight is 382 g/mol. The third-order valence-corrected chi connectivity index (χ3v) is 3.78. The zero-order valence-electron chi connectivity index (χ0n) is 13.1. The van der Waals surface area contributed by atoms with Crippen molar-refractivity contribution < 1.29 is 23.0 Å². The van der Waals surface area contributed by atoms with Gasteiger partial charge in [-0.3, -0.25) is 4.79 Å². The lowest BCUT2D eigenvalue weighted by Crippen LogP contribution is -2.18. The van der Waals surface area contributed by atoms with Crippen LogP contribution >= 0.6 is 11.6 Å². The lowest BCUT2D eigenvalue weighted by Gasteiger charge is -2.13. The number of rotatable bonds is 3. The summed E-state index contributed by atoms with van der Waals surface area (Å²) < 4.78 is 39.7. The summed E-state index contributed by atoms with van der Waals surface area (Å²) in [6.45, 7) is 0. The molecular weight excluding hydrogens is 372 g/mol. The normalized spacial score (nSPS) is 10.8. The molecule has 0 aliphatic heterocycles. The van der Waals surface area contributed by atoms with Crippen LogP contribution in [0.4, 0.5) is 13.6 Å². The van der Waals surface area contributed by atoms with E-state index in [1.165, 1.54) is 25.5 Å². The van der Waals surface area contributed by atoms with Crippen molar-refractivity contribution in [2.24, 2.45) is 12.8 Å². The molecule has 3 rings (SSSR count). The highest BCUT2D eigenvalue weighted by Crippen LogP contribution is 2.40. The molecule has 0 unspecified atom stereocenters. The highest BCUT2D eigenvalue weighted by atomic mass is 35.5. The van der Waals surface area contributed by atoms with Crippen LogP contribution in [0.15, 0.2) is 35.4 Å². The predicted molar refractivity (Wildman–Crippen MR) is 88.6 cm³/mol. The van der Waals surface area contributed by atoms with Crippen LogP contribution in [0, 0.1) is 11.6 Å². The summed E-state index contributed by atoms with van der Waals surface area (Å²) >= 11 is 5.94. The van der Waals surface area contributed by atoms with Crippen LogP contribution in [0.1, 0.15) is 0 Å². The van der Waals surface area contributed by atoms with Gasteiger partial charge in [0.05, 0.1) is 11.8 Å². The molecule has 0 saturated heterocycles. The molecule has 2 N–H and O–H groups in total. The zero-order chi connectivity index (χ0) is 19.0. The first-order valence-electron chi connectivity index (χ1n) is 7.06. The van der Waals surface area contributed by atoms with Gasteiger partial charge in [-0.05, 0) is 24.3 Å². The number of ether oxygens (including phenoxy) is 2. The van der Waals surface area contributed by atoms with Gasteiger partial charge in [-0.2, -0.15) is 0 Å². The monoisotopic (exact) mass is 381 g/mol. The van der Waals surface area contributed by atoms with E-state index in [0.717, 1.165) is 16.7 Å². The van der Waals surface area contributed by atoms with Crippen LogP contribution in [0.2, 0.25) is 5.02 Å². The lowest BCUT2D eigenvalue weighted by molar-refractivity contribution is 0.210. The van der Waals surface area contributed by atoms with Crippen LogP contribution < -0.4 is 20.8 Å². The number of hydrogen-bond acceptors (Lipinski definition) is 5. The topological polar surface area (TPSA) is 96.4 Å². The number of carbonyl (C=O) groups is 1. The Morgan fingerprint density at radius 1 is 1.23 bits per heavy atom. The van der Waals surface area contributed by atoms with E-state index >= 15 is 0 Å². The van der Waals surface area contributed by atoms with Crippen LogP contribution in [0.5, 0.6) is 17.2 Å². The number of fused-ring (bicyclic) bond motifs is 1. The molecule has 0 atom stereocenters. The van der Waals surface area contributed by atoms with Crippen molar-refractivity contribution >= 4 is 28.6 Å². The Balaban J connectivity index is 2.13. The van der Waals surface area contributed by atoms with Gasteiger partial charge in [-0.15, -0.1) is 0 Å². The molecule has 0 saturated carbocycles. The molecule has 7 nitrogen and oxygen atoms in total. The summed E-state index contributed by atoms with van der Waals surface area (Å²) in [5.74, 6) is -3.29. The summed E-state index contributed by atoms with van der Waals surface area (Å²) in [4.78, 5) is 26.9. The first kappa shape index (κ1) is 17.6. The molecule has 0 aliphatic carbocycles. The molecule has 1 amide bonds. The van der Waals surface area contributed by atoms with E-state index in [4.69, 9.17) is 22.1 Å². The minimum absolute atomic E-state index is 0.107. The maximum absolute atomic E-state index is 14.7. The Hall–Kier alpha value is -3.20. The number of aryl methyl sites for hydroxylation is 1. The van der Waals surface area contributed by atoms with Crippen molar-refractivity contribution in [3.05, 3.63) is 57.6 Å². The maximum atomic E-state index is 14.7. The van der Waals surface area contributed by atoms with Gasteiger partial charge in [0.1, 0.15) is 10.4 Å². The average Bonchev–Trinajstić information content (AvgIpc) is 2.59. The Morgan fingerprint density at radius 2 is 1.92 bits per heavy atom. The fraction of sp³-hybridized carbons (Fsp3) is 0.0625. The number of carbonyl (C=O) groups excluding carboxylic acids is 1. The lowest BCUT2D eigenvalue weighted by atomic mass is 10.2. The van der Waals surface area contributed by atoms with Crippen LogP contribution in [0.3, 0.4) is 0 Å². The van der Waals surface area contributed by atoms with Crippen molar-refractivity contribution in [1.82, 2.24) is 9.55 Å². The number of primary amides is 1. The van der Waals surface area contributed by atoms with Crippen molar-refractivity contribution in [2.45, 2.75) is 0 Å². The Kier molecular flexibility index (Phi) is 4.47. The van der Waals surface area contributed by atoms with Gasteiger partial charge in [-0.25, -0.2) is 18.6 Å². The van der Waals surface area contributed by atoms with E-state index in [9.17, 15) is 18.4 Å². The van der Waals surface area contributed by atoms with Gasteiger partial charge in [-0.1, -0.05) is 11.6 Å². The molecule has 0 spiro atoms. The second-order valence-corrected chi connectivity index (χ2v) is 5.52. The number of aromatic nitrogens is 2. The van der Waals surface area contributed by atoms with E-state index in [2.05, 4.69) is 9.72 Å². The van der Waals surface area contributed by atoms with Gasteiger partial charge in [0.2, 0.25) is 0 Å². The van der Waals surface area contributed by atoms with E-state index in [1.54, 1.807) is 0 Å². The quantitative estimate of drug-likeness (QED) is 0.752. The number of nitrogens with zero attached hydrogens (tertiary/aromatic N) is 2. The van der Waals surface area contributed by atoms with Gasteiger partial charge in [0, 0.05) is 7.05 Å². The molecule has 10 heteroatoms. The third kappa shape index (κ3) is 3.04. The zero-order valence-corrected chi connectivity index (χ0v) is 13.9. The predicted octanol–water partition coefficient (Wildman–Crippen LogP) is 3.11. The fourth-order valence-electron chi connectivity index (χ4n) is 2.22. The summed E-state index contributed by atoms with van der Waals surface area (Å²) in [6.07, 6.45) is 0.0714. The van der Waals surface area contributed by atoms with E-state index in [-0.39, 0.29) is 16.7 Å². The van der Waals surface area contributed by atoms with Gasteiger partial charge in [0.25, 0.3) is 5.56 Å². The van der Waals surface area contributed by atoms with Crippen molar-refractivity contribution in [1.29, 1.82) is 0 Å². The summed E-state index contributed by atoms with van der Waals surface area (Å²) in [5.41, 5.74) is 4.36. The van der Waals surface area contributed by atoms with Gasteiger partial charge in [0.15, 0.2) is 28.9 Å². The molecule has 26 heavy (non-hydrogen) atoms. The van der Waals surface area contributed by atoms with Crippen LogP contribution in [0.25, 0.3) is 10.9 Å². The molecule has 0 radical (unpaired) electrons. The molecular formula is C16H10ClF2N3O4. The highest BCUT2D eigenvalue weighted by molar-refractivity contribution is 6.33. The smallest absolute Gasteiger partial charge is 0.410 e. The minimum Gasteiger partial charge on any atom is -0.449 e. The second kappa shape index (κ2) is 6.60. The van der Waals surface area contributed by atoms with E-state index < -0.39 is 39.8 Å². The van der Waals surface area contributed by atoms with Crippen molar-refractivity contribution in [2.75, 3.05) is 0 Å². The van der Waals surface area contributed by atoms with Gasteiger partial charge < -0.3 is 19.8 Å². The van der Waals surface area contributed by atoms with Gasteiger partial charge >= 0.3 is 6.09 Å². The molecule has 1 aromatic heterocycles. The SMILES string of the molecule is Cn1cnc2ccc(Oc3c(F)ccc(OC(N)=O)c3Cl)c(F)c2c1=O. The van der Waals surface area contributed by atoms with E-state index in [0.29, 0.717) is 0 Å². The molecule has 2 aromatic carbocycles. The summed E-state index contributed by atoms with van der Waals surface area (Å²) in [5, 5.41) is -0.754. The number of halogens is 3. The second-order valence-electron chi connectivity index (χ2n) is 5.14. The summed E-state index contributed by atoms with van der Waals surface area (Å²) in [6, 6.07) is 4.47. The largest absolute Gasteiger partial charge is 0.449 e. The first-order valence-corrected chi connectivity index (χ1v) is 7.44. The van der Waals surface area contributed by atoms with Crippen LogP contribution in [-0.2, 0) is 7.05 Å². The van der Waals surface area contributed by atoms with Crippen molar-refractivity contribution in [3.8, 4) is 17.2 Å². The first-order chi connectivity index (χ1) is 12.3. The third-order valence-electron chi connectivity index (χ3n) is 3.42. The molecule has 134 valence electrons. The van der Waals surface area contributed by atoms with Crippen molar-refractivity contribution in [3.63, 3.8) is 0 Å². The molecule has 1 heterocycles.